The first-order chi connectivity index (χ1) is 15.9. The number of carbonyl (C=O) groups excluding carboxylic acids is 2. The molecule has 33 heavy (non-hydrogen) atoms. The van der Waals surface area contributed by atoms with E-state index in [2.05, 4.69) is 59.1 Å². The zero-order valence-electron chi connectivity index (χ0n) is 18.0. The number of pyridine rings is 1. The number of nitrogens with one attached hydrogen (secondary N) is 1. The zero-order chi connectivity index (χ0) is 23.1. The molecule has 174 valence electrons. The topological polar surface area (TPSA) is 68.8 Å². The molecule has 10 heteroatoms. The quantitative estimate of drug-likeness (QED) is 0.450. The predicted octanol–water partition coefficient (Wildman–Crippen LogP) is 3.37. The van der Waals surface area contributed by atoms with Crippen LogP contribution in [-0.4, -0.2) is 58.8 Å². The molecule has 1 aromatic carbocycles. The van der Waals surface area contributed by atoms with E-state index in [4.69, 9.17) is 24.2 Å². The third-order valence-electron chi connectivity index (χ3n) is 6.69. The molecule has 1 aromatic heterocycles. The lowest BCUT2D eigenvalue weighted by molar-refractivity contribution is -0.137. The Morgan fingerprint density at radius 3 is 2.70 bits per heavy atom. The molecule has 2 saturated heterocycles. The third-order valence-corrected chi connectivity index (χ3v) is 8.12. The summed E-state index contributed by atoms with van der Waals surface area (Å²) in [6.07, 6.45) is 4.39. The number of rotatable bonds is 4. The van der Waals surface area contributed by atoms with E-state index in [9.17, 15) is 9.59 Å². The molecule has 5 rings (SSSR count). The Balaban J connectivity index is 1.22. The maximum atomic E-state index is 12.4. The van der Waals surface area contributed by atoms with Crippen molar-refractivity contribution in [2.24, 2.45) is 0 Å². The van der Waals surface area contributed by atoms with Gasteiger partial charge in [-0.3, -0.25) is 29.7 Å². The molecule has 2 amide bonds. The first-order valence-corrected chi connectivity index (χ1v) is 12.7. The lowest BCUT2D eigenvalue weighted by Gasteiger charge is -2.37. The van der Waals surface area contributed by atoms with E-state index in [-0.39, 0.29) is 23.2 Å². The Labute approximate surface area is 212 Å². The molecule has 2 atom stereocenters. The van der Waals surface area contributed by atoms with Gasteiger partial charge in [0.2, 0.25) is 11.8 Å². The van der Waals surface area contributed by atoms with Crippen molar-refractivity contribution < 1.29 is 9.59 Å². The Morgan fingerprint density at radius 2 is 1.97 bits per heavy atom. The van der Waals surface area contributed by atoms with Crippen LogP contribution in [0.1, 0.15) is 34.9 Å². The number of imide groups is 1. The van der Waals surface area contributed by atoms with Gasteiger partial charge >= 0.3 is 0 Å². The number of hydrogen-bond donors (Lipinski definition) is 2. The number of nitrogens with zero attached hydrogens (tertiary/aromatic N) is 4. The summed E-state index contributed by atoms with van der Waals surface area (Å²) < 4.78 is 0.919. The number of hydrogen-bond acceptors (Lipinski definition) is 7. The van der Waals surface area contributed by atoms with Crippen LogP contribution >= 0.6 is 40.2 Å². The number of carbonyl (C=O) groups is 2. The van der Waals surface area contributed by atoms with Gasteiger partial charge in [0.05, 0.1) is 26.6 Å². The van der Waals surface area contributed by atoms with Crippen molar-refractivity contribution in [2.75, 3.05) is 31.1 Å². The molecule has 3 aliphatic heterocycles. The van der Waals surface area contributed by atoms with Gasteiger partial charge in [-0.1, -0.05) is 29.8 Å². The molecule has 3 aliphatic rings. The summed E-state index contributed by atoms with van der Waals surface area (Å²) >= 11 is 14.8. The summed E-state index contributed by atoms with van der Waals surface area (Å²) in [6.45, 7) is 5.21. The normalized spacial score (nSPS) is 24.2. The molecule has 2 unspecified atom stereocenters. The summed E-state index contributed by atoms with van der Waals surface area (Å²) in [5, 5.41) is 2.98. The van der Waals surface area contributed by atoms with Gasteiger partial charge in [-0.25, -0.2) is 0 Å². The van der Waals surface area contributed by atoms with Crippen molar-refractivity contribution in [3.05, 3.63) is 56.8 Å². The molecule has 2 fully saturated rings. The molecular weight excluding hydrogens is 526 g/mol. The maximum absolute atomic E-state index is 12.4. The van der Waals surface area contributed by atoms with Crippen LogP contribution in [0.4, 0.5) is 5.69 Å². The van der Waals surface area contributed by atoms with Crippen LogP contribution in [0.5, 0.6) is 0 Å². The predicted molar refractivity (Wildman–Crippen MR) is 134 cm³/mol. The van der Waals surface area contributed by atoms with Crippen molar-refractivity contribution in [1.29, 1.82) is 0 Å². The van der Waals surface area contributed by atoms with Gasteiger partial charge in [0.15, 0.2) is 0 Å². The minimum Gasteiger partial charge on any atom is -0.367 e. The summed E-state index contributed by atoms with van der Waals surface area (Å²) in [5.41, 5.74) is 4.61. The Bertz CT molecular complexity index is 1070. The molecule has 0 radical (unpaired) electrons. The summed E-state index contributed by atoms with van der Waals surface area (Å²) in [4.78, 5) is 34.8. The molecule has 0 bridgehead atoms. The van der Waals surface area contributed by atoms with Crippen LogP contribution < -0.4 is 10.2 Å². The number of halogens is 2. The van der Waals surface area contributed by atoms with Crippen LogP contribution in [-0.2, 0) is 22.7 Å². The van der Waals surface area contributed by atoms with Gasteiger partial charge in [-0.2, -0.15) is 12.6 Å². The molecular formula is C23H25BrClN5O2S. The fraction of sp³-hybridized carbons (Fsp3) is 0.435. The second kappa shape index (κ2) is 9.54. The molecule has 0 spiro atoms. The molecule has 4 heterocycles. The van der Waals surface area contributed by atoms with Gasteiger partial charge in [-0.15, -0.1) is 0 Å². The highest BCUT2D eigenvalue weighted by molar-refractivity contribution is 9.10. The van der Waals surface area contributed by atoms with E-state index in [0.717, 1.165) is 48.4 Å². The standard InChI is InChI=1S/C23H25BrClN5O2S/c24-17-10-26-11-18(25)21(17)29-7-5-28(6-8-29)12-14-1-2-15-13-30(23(33)16(15)9-14)19-3-4-20(31)27-22(19)32/h1-2,9-11,19,23,33H,3-8,12-13H2,(H,27,31,32). The smallest absolute Gasteiger partial charge is 0.243 e. The number of piperidine rings is 1. The lowest BCUT2D eigenvalue weighted by Crippen LogP contribution is -2.51. The number of amides is 2. The summed E-state index contributed by atoms with van der Waals surface area (Å²) in [6, 6.07) is 6.25. The molecule has 7 nitrogen and oxygen atoms in total. The third kappa shape index (κ3) is 4.66. The van der Waals surface area contributed by atoms with E-state index in [1.807, 2.05) is 0 Å². The van der Waals surface area contributed by atoms with E-state index >= 15 is 0 Å². The van der Waals surface area contributed by atoms with E-state index in [1.54, 1.807) is 12.4 Å². The minimum absolute atomic E-state index is 0.146. The Morgan fingerprint density at radius 1 is 1.18 bits per heavy atom. The highest BCUT2D eigenvalue weighted by atomic mass is 79.9. The average Bonchev–Trinajstić information content (AvgIpc) is 3.11. The van der Waals surface area contributed by atoms with Crippen LogP contribution in [0, 0.1) is 0 Å². The van der Waals surface area contributed by atoms with Crippen LogP contribution in [0.3, 0.4) is 0 Å². The second-order valence-corrected chi connectivity index (χ2v) is 10.5. The summed E-state index contributed by atoms with van der Waals surface area (Å²) in [5.74, 6) is -0.401. The van der Waals surface area contributed by atoms with Crippen molar-refractivity contribution in [1.82, 2.24) is 20.1 Å². The lowest BCUT2D eigenvalue weighted by atomic mass is 10.0. The van der Waals surface area contributed by atoms with Crippen molar-refractivity contribution >= 4 is 57.7 Å². The maximum Gasteiger partial charge on any atom is 0.243 e. The largest absolute Gasteiger partial charge is 0.367 e. The monoisotopic (exact) mass is 549 g/mol. The SMILES string of the molecule is O=C1CCC(N2Cc3ccc(CN4CCN(c5c(Cl)cncc5Br)CC4)cc3C2S)C(=O)N1. The molecule has 2 aromatic rings. The van der Waals surface area contributed by atoms with Gasteiger partial charge in [0.25, 0.3) is 0 Å². The zero-order valence-corrected chi connectivity index (χ0v) is 21.2. The van der Waals surface area contributed by atoms with E-state index in [1.165, 1.54) is 11.1 Å². The average molecular weight is 551 g/mol. The van der Waals surface area contributed by atoms with Gasteiger partial charge < -0.3 is 4.90 Å². The van der Waals surface area contributed by atoms with Crippen molar-refractivity contribution in [3.63, 3.8) is 0 Å². The highest BCUT2D eigenvalue weighted by Gasteiger charge is 2.39. The number of aromatic nitrogens is 1. The van der Waals surface area contributed by atoms with E-state index < -0.39 is 0 Å². The van der Waals surface area contributed by atoms with Gasteiger partial charge in [0.1, 0.15) is 0 Å². The second-order valence-electron chi connectivity index (χ2n) is 8.76. The number of anilines is 1. The Hall–Kier alpha value is -1.65. The Kier molecular flexibility index (Phi) is 6.68. The van der Waals surface area contributed by atoms with Gasteiger partial charge in [0, 0.05) is 58.1 Å². The van der Waals surface area contributed by atoms with Crippen LogP contribution in [0.2, 0.25) is 5.02 Å². The summed E-state index contributed by atoms with van der Waals surface area (Å²) in [7, 11) is 0. The highest BCUT2D eigenvalue weighted by Crippen LogP contribution is 2.40. The van der Waals surface area contributed by atoms with Crippen molar-refractivity contribution in [2.45, 2.75) is 37.3 Å². The number of piperazine rings is 1. The van der Waals surface area contributed by atoms with E-state index in [0.29, 0.717) is 24.4 Å². The van der Waals surface area contributed by atoms with Crippen LogP contribution in [0.15, 0.2) is 35.1 Å². The number of thiol groups is 1. The molecule has 0 saturated carbocycles. The fourth-order valence-corrected chi connectivity index (χ4v) is 6.42. The molecule has 0 aliphatic carbocycles. The minimum atomic E-state index is -0.312. The van der Waals surface area contributed by atoms with Crippen LogP contribution in [0.25, 0.3) is 0 Å². The number of fused-ring (bicyclic) bond motifs is 1. The van der Waals surface area contributed by atoms with Crippen molar-refractivity contribution in [3.8, 4) is 0 Å². The first-order valence-electron chi connectivity index (χ1n) is 11.1. The van der Waals surface area contributed by atoms with Gasteiger partial charge in [-0.05, 0) is 39.0 Å². The number of benzene rings is 1. The fourth-order valence-electron chi connectivity index (χ4n) is 4.96. The molecule has 1 N–H and O–H groups in total. The first kappa shape index (κ1) is 23.1.